The SMILES string of the molecule is CCOc1cc(/C(O)=C2\C(=O)C(=O)N(c3cccc(Cl)c3)C2c2ccc(F)cc2)ccc1Cl. The Hall–Kier alpha value is -3.35. The van der Waals surface area contributed by atoms with Crippen molar-refractivity contribution in [3.63, 3.8) is 0 Å². The molecule has 33 heavy (non-hydrogen) atoms. The van der Waals surface area contributed by atoms with Crippen LogP contribution in [-0.4, -0.2) is 23.4 Å². The van der Waals surface area contributed by atoms with Crippen LogP contribution in [0.3, 0.4) is 0 Å². The van der Waals surface area contributed by atoms with Gasteiger partial charge in [-0.15, -0.1) is 0 Å². The first-order chi connectivity index (χ1) is 15.8. The molecule has 0 radical (unpaired) electrons. The Kier molecular flexibility index (Phi) is 6.40. The van der Waals surface area contributed by atoms with Gasteiger partial charge in [0, 0.05) is 16.3 Å². The number of hydrogen-bond donors (Lipinski definition) is 1. The predicted molar refractivity (Wildman–Crippen MR) is 125 cm³/mol. The molecule has 168 valence electrons. The molecule has 4 rings (SSSR count). The highest BCUT2D eigenvalue weighted by molar-refractivity contribution is 6.51. The molecule has 0 spiro atoms. The summed E-state index contributed by atoms with van der Waals surface area (Å²) >= 11 is 12.3. The monoisotopic (exact) mass is 485 g/mol. The van der Waals surface area contributed by atoms with Crippen LogP contribution in [0, 0.1) is 5.82 Å². The van der Waals surface area contributed by atoms with Crippen LogP contribution in [0.25, 0.3) is 5.76 Å². The molecule has 0 saturated carbocycles. The van der Waals surface area contributed by atoms with Crippen molar-refractivity contribution in [1.82, 2.24) is 0 Å². The Labute approximate surface area is 199 Å². The molecular formula is C25H18Cl2FNO4. The van der Waals surface area contributed by atoms with E-state index in [-0.39, 0.29) is 11.1 Å². The summed E-state index contributed by atoms with van der Waals surface area (Å²) in [5, 5.41) is 11.9. The molecule has 1 unspecified atom stereocenters. The highest BCUT2D eigenvalue weighted by Crippen LogP contribution is 2.43. The molecular weight excluding hydrogens is 468 g/mol. The first kappa shape index (κ1) is 22.8. The lowest BCUT2D eigenvalue weighted by atomic mass is 9.95. The lowest BCUT2D eigenvalue weighted by molar-refractivity contribution is -0.132. The van der Waals surface area contributed by atoms with Crippen LogP contribution in [0.5, 0.6) is 5.75 Å². The van der Waals surface area contributed by atoms with Crippen LogP contribution in [0.4, 0.5) is 10.1 Å². The molecule has 8 heteroatoms. The van der Waals surface area contributed by atoms with E-state index < -0.39 is 29.3 Å². The van der Waals surface area contributed by atoms with Crippen molar-refractivity contribution in [2.45, 2.75) is 13.0 Å². The third-order valence-electron chi connectivity index (χ3n) is 5.22. The summed E-state index contributed by atoms with van der Waals surface area (Å²) < 4.78 is 19.1. The molecule has 1 saturated heterocycles. The van der Waals surface area contributed by atoms with Crippen LogP contribution < -0.4 is 9.64 Å². The van der Waals surface area contributed by atoms with Crippen LogP contribution in [0.15, 0.2) is 72.3 Å². The summed E-state index contributed by atoms with van der Waals surface area (Å²) in [4.78, 5) is 27.5. The topological polar surface area (TPSA) is 66.8 Å². The van der Waals surface area contributed by atoms with Crippen molar-refractivity contribution in [1.29, 1.82) is 0 Å². The summed E-state index contributed by atoms with van der Waals surface area (Å²) in [7, 11) is 0. The van der Waals surface area contributed by atoms with Crippen LogP contribution in [0.2, 0.25) is 10.0 Å². The van der Waals surface area contributed by atoms with Gasteiger partial charge in [-0.05, 0) is 61.0 Å². The van der Waals surface area contributed by atoms with Crippen molar-refractivity contribution in [3.05, 3.63) is 99.3 Å². The first-order valence-corrected chi connectivity index (χ1v) is 10.8. The van der Waals surface area contributed by atoms with Gasteiger partial charge in [0.1, 0.15) is 17.3 Å². The van der Waals surface area contributed by atoms with Gasteiger partial charge in [0.2, 0.25) is 0 Å². The van der Waals surface area contributed by atoms with E-state index in [9.17, 15) is 19.1 Å². The summed E-state index contributed by atoms with van der Waals surface area (Å²) in [5.41, 5.74) is 0.913. The van der Waals surface area contributed by atoms with Crippen LogP contribution in [-0.2, 0) is 9.59 Å². The number of hydrogen-bond acceptors (Lipinski definition) is 4. The fraction of sp³-hybridized carbons (Fsp3) is 0.120. The molecule has 3 aromatic rings. The molecule has 0 aromatic heterocycles. The third kappa shape index (κ3) is 4.32. The summed E-state index contributed by atoms with van der Waals surface area (Å²) in [6.45, 7) is 2.13. The quantitative estimate of drug-likeness (QED) is 0.267. The lowest BCUT2D eigenvalue weighted by Gasteiger charge is -2.25. The number of amides is 1. The van der Waals surface area contributed by atoms with Gasteiger partial charge in [-0.2, -0.15) is 0 Å². The van der Waals surface area contributed by atoms with E-state index in [1.807, 2.05) is 0 Å². The van der Waals surface area contributed by atoms with Crippen LogP contribution >= 0.6 is 23.2 Å². The lowest BCUT2D eigenvalue weighted by Crippen LogP contribution is -2.29. The van der Waals surface area contributed by atoms with E-state index >= 15 is 0 Å². The van der Waals surface area contributed by atoms with Gasteiger partial charge in [-0.1, -0.05) is 41.4 Å². The number of halogens is 3. The number of ether oxygens (including phenoxy) is 1. The van der Waals surface area contributed by atoms with E-state index in [2.05, 4.69) is 0 Å². The van der Waals surface area contributed by atoms with Gasteiger partial charge in [0.05, 0.1) is 23.2 Å². The normalized spacial score (nSPS) is 17.5. The van der Waals surface area contributed by atoms with Crippen molar-refractivity contribution in [2.24, 2.45) is 0 Å². The zero-order valence-corrected chi connectivity index (χ0v) is 18.9. The summed E-state index contributed by atoms with van der Waals surface area (Å²) in [6.07, 6.45) is 0. The van der Waals surface area contributed by atoms with Gasteiger partial charge in [-0.3, -0.25) is 14.5 Å². The Morgan fingerprint density at radius 1 is 1.06 bits per heavy atom. The average molecular weight is 486 g/mol. The van der Waals surface area contributed by atoms with E-state index in [1.165, 1.54) is 47.4 Å². The molecule has 1 atom stereocenters. The van der Waals surface area contributed by atoms with E-state index in [1.54, 1.807) is 31.2 Å². The number of ketones is 1. The minimum atomic E-state index is -1.00. The Balaban J connectivity index is 1.93. The minimum absolute atomic E-state index is 0.142. The van der Waals surface area contributed by atoms with Crippen molar-refractivity contribution in [2.75, 3.05) is 11.5 Å². The number of aliphatic hydroxyl groups is 1. The highest BCUT2D eigenvalue weighted by atomic mass is 35.5. The zero-order valence-electron chi connectivity index (χ0n) is 17.4. The second-order valence-corrected chi connectivity index (χ2v) is 8.12. The second-order valence-electron chi connectivity index (χ2n) is 7.28. The second kappa shape index (κ2) is 9.25. The summed E-state index contributed by atoms with van der Waals surface area (Å²) in [6, 6.07) is 15.4. The average Bonchev–Trinajstić information content (AvgIpc) is 3.06. The molecule has 5 nitrogen and oxygen atoms in total. The third-order valence-corrected chi connectivity index (χ3v) is 5.77. The Morgan fingerprint density at radius 3 is 2.45 bits per heavy atom. The molecule has 1 heterocycles. The van der Waals surface area contributed by atoms with Crippen molar-refractivity contribution < 1.29 is 23.8 Å². The molecule has 1 aliphatic rings. The number of carbonyl (C=O) groups is 2. The van der Waals surface area contributed by atoms with E-state index in [0.717, 1.165) is 0 Å². The smallest absolute Gasteiger partial charge is 0.300 e. The fourth-order valence-corrected chi connectivity index (χ4v) is 4.11. The van der Waals surface area contributed by atoms with Gasteiger partial charge < -0.3 is 9.84 Å². The van der Waals surface area contributed by atoms with E-state index in [4.69, 9.17) is 27.9 Å². The number of nitrogens with zero attached hydrogens (tertiary/aromatic N) is 1. The Bertz CT molecular complexity index is 1270. The largest absolute Gasteiger partial charge is 0.507 e. The summed E-state index contributed by atoms with van der Waals surface area (Å²) in [5.74, 6) is -2.27. The highest BCUT2D eigenvalue weighted by Gasteiger charge is 2.47. The van der Waals surface area contributed by atoms with Gasteiger partial charge in [-0.25, -0.2) is 4.39 Å². The number of rotatable bonds is 5. The molecule has 1 amide bonds. The maximum Gasteiger partial charge on any atom is 0.300 e. The standard InChI is InChI=1S/C25H18Cl2FNO4/c1-2-33-20-12-15(8-11-19(20)27)23(30)21-22(14-6-9-17(28)10-7-14)29(25(32)24(21)31)18-5-3-4-16(26)13-18/h3-13,22,30H,2H2,1H3/b23-21+. The minimum Gasteiger partial charge on any atom is -0.507 e. The molecule has 3 aromatic carbocycles. The number of aliphatic hydroxyl groups excluding tert-OH is 1. The fourth-order valence-electron chi connectivity index (χ4n) is 3.76. The number of carbonyl (C=O) groups excluding carboxylic acids is 2. The molecule has 1 fully saturated rings. The van der Waals surface area contributed by atoms with Crippen LogP contribution in [0.1, 0.15) is 24.1 Å². The van der Waals surface area contributed by atoms with Gasteiger partial charge in [0.25, 0.3) is 11.7 Å². The maximum absolute atomic E-state index is 13.6. The Morgan fingerprint density at radius 2 is 1.79 bits per heavy atom. The van der Waals surface area contributed by atoms with Gasteiger partial charge in [0.15, 0.2) is 0 Å². The number of benzene rings is 3. The number of Topliss-reactive ketones (excluding diaryl/α,β-unsaturated/α-hetero) is 1. The maximum atomic E-state index is 13.6. The molecule has 0 bridgehead atoms. The molecule has 1 aliphatic heterocycles. The molecule has 0 aliphatic carbocycles. The first-order valence-electron chi connectivity index (χ1n) is 10.1. The van der Waals surface area contributed by atoms with Crippen molar-refractivity contribution >= 4 is 46.3 Å². The predicted octanol–water partition coefficient (Wildman–Crippen LogP) is 6.16. The van der Waals surface area contributed by atoms with E-state index in [0.29, 0.717) is 33.7 Å². The molecule has 1 N–H and O–H groups in total. The van der Waals surface area contributed by atoms with Gasteiger partial charge >= 0.3 is 0 Å². The zero-order chi connectivity index (χ0) is 23.7. The van der Waals surface area contributed by atoms with Crippen molar-refractivity contribution in [3.8, 4) is 5.75 Å². The number of anilines is 1.